The molecule has 0 atom stereocenters. The minimum absolute atomic E-state index is 0.225. The maximum atomic E-state index is 12.2. The van der Waals surface area contributed by atoms with Gasteiger partial charge in [-0.05, 0) is 48.9 Å². The van der Waals surface area contributed by atoms with Crippen LogP contribution in [0.15, 0.2) is 42.5 Å². The molecule has 0 spiro atoms. The third-order valence-electron chi connectivity index (χ3n) is 3.92. The number of methoxy groups -OCH3 is 1. The molecule has 2 N–H and O–H groups in total. The maximum absolute atomic E-state index is 12.2. The first-order chi connectivity index (χ1) is 15.2. The number of halogens is 3. The van der Waals surface area contributed by atoms with Crippen molar-refractivity contribution in [3.63, 3.8) is 0 Å². The number of unbranched alkanes of at least 4 members (excludes halogenated alkanes) is 1. The third-order valence-corrected chi connectivity index (χ3v) is 3.92. The molecule has 2 amide bonds. The average Bonchev–Trinajstić information content (AvgIpc) is 2.74. The molecule has 0 bridgehead atoms. The fraction of sp³-hybridized carbons (Fsp3) is 0.333. The van der Waals surface area contributed by atoms with Gasteiger partial charge >= 0.3 is 6.36 Å². The topological polar surface area (TPSA) is 95.1 Å². The van der Waals surface area contributed by atoms with Crippen molar-refractivity contribution >= 4 is 17.5 Å². The number of hydrogen-bond acceptors (Lipinski definition) is 6. The van der Waals surface area contributed by atoms with E-state index in [0.717, 1.165) is 25.0 Å². The van der Waals surface area contributed by atoms with E-state index in [1.54, 1.807) is 6.07 Å². The van der Waals surface area contributed by atoms with Gasteiger partial charge < -0.3 is 19.5 Å². The van der Waals surface area contributed by atoms with Gasteiger partial charge in [-0.2, -0.15) is 0 Å². The Bertz CT molecular complexity index is 903. The lowest BCUT2D eigenvalue weighted by molar-refractivity contribution is -0.274. The van der Waals surface area contributed by atoms with Crippen molar-refractivity contribution in [3.8, 4) is 17.2 Å². The lowest BCUT2D eigenvalue weighted by atomic mass is 10.2. The van der Waals surface area contributed by atoms with Crippen LogP contribution in [0.2, 0.25) is 0 Å². The Morgan fingerprint density at radius 3 is 2.38 bits per heavy atom. The van der Waals surface area contributed by atoms with Crippen LogP contribution >= 0.6 is 0 Å². The molecule has 0 unspecified atom stereocenters. The molecular weight excluding hydrogens is 433 g/mol. The van der Waals surface area contributed by atoms with Gasteiger partial charge in [0.15, 0.2) is 18.1 Å². The Labute approximate surface area is 182 Å². The normalized spacial score (nSPS) is 10.9. The van der Waals surface area contributed by atoms with Gasteiger partial charge in [0.2, 0.25) is 0 Å². The molecule has 2 aromatic carbocycles. The quantitative estimate of drug-likeness (QED) is 0.391. The minimum Gasteiger partial charge on any atom is -0.493 e. The Kier molecular flexibility index (Phi) is 9.14. The van der Waals surface area contributed by atoms with Crippen LogP contribution in [0.4, 0.5) is 18.9 Å². The molecule has 2 aromatic rings. The standard InChI is InChI=1S/C21H23F3N2O6/c1-3-4-11-30-17-10-5-14(12-18(17)29-2)20(28)26-31-13-19(27)25-15-6-8-16(9-7-15)32-21(22,23)24/h5-10,12H,3-4,11,13H2,1-2H3,(H,25,27)(H,26,28). The summed E-state index contributed by atoms with van der Waals surface area (Å²) in [5, 5.41) is 2.41. The monoisotopic (exact) mass is 456 g/mol. The molecule has 0 radical (unpaired) electrons. The van der Waals surface area contributed by atoms with Crippen LogP contribution in [0.5, 0.6) is 17.2 Å². The first-order valence-corrected chi connectivity index (χ1v) is 9.60. The van der Waals surface area contributed by atoms with Crippen LogP contribution in [0.1, 0.15) is 30.1 Å². The van der Waals surface area contributed by atoms with Crippen molar-refractivity contribution < 1.29 is 41.8 Å². The zero-order valence-corrected chi connectivity index (χ0v) is 17.5. The van der Waals surface area contributed by atoms with Crippen molar-refractivity contribution in [3.05, 3.63) is 48.0 Å². The van der Waals surface area contributed by atoms with Crippen LogP contribution < -0.4 is 25.0 Å². The summed E-state index contributed by atoms with van der Waals surface area (Å²) in [5.41, 5.74) is 2.58. The van der Waals surface area contributed by atoms with Gasteiger partial charge in [0.1, 0.15) is 5.75 Å². The molecule has 0 aliphatic carbocycles. The van der Waals surface area contributed by atoms with E-state index in [0.29, 0.717) is 18.1 Å². The number of carbonyl (C=O) groups excluding carboxylic acids is 2. The van der Waals surface area contributed by atoms with Crippen molar-refractivity contribution in [2.75, 3.05) is 25.6 Å². The summed E-state index contributed by atoms with van der Waals surface area (Å²) >= 11 is 0. The summed E-state index contributed by atoms with van der Waals surface area (Å²) in [6.07, 6.45) is -2.94. The SMILES string of the molecule is CCCCOc1ccc(C(=O)NOCC(=O)Nc2ccc(OC(F)(F)F)cc2)cc1OC. The number of rotatable bonds is 11. The molecule has 174 valence electrons. The highest BCUT2D eigenvalue weighted by molar-refractivity contribution is 5.95. The van der Waals surface area contributed by atoms with Gasteiger partial charge in [0.05, 0.1) is 13.7 Å². The highest BCUT2D eigenvalue weighted by atomic mass is 19.4. The van der Waals surface area contributed by atoms with Crippen LogP contribution in [0.3, 0.4) is 0 Å². The van der Waals surface area contributed by atoms with E-state index >= 15 is 0 Å². The molecule has 0 saturated carbocycles. The van der Waals surface area contributed by atoms with Crippen molar-refractivity contribution in [2.24, 2.45) is 0 Å². The van der Waals surface area contributed by atoms with E-state index in [9.17, 15) is 22.8 Å². The van der Waals surface area contributed by atoms with Crippen molar-refractivity contribution in [1.82, 2.24) is 5.48 Å². The number of alkyl halides is 3. The van der Waals surface area contributed by atoms with E-state index in [2.05, 4.69) is 15.5 Å². The first-order valence-electron chi connectivity index (χ1n) is 9.60. The Hall–Kier alpha value is -3.47. The number of amides is 2. The fourth-order valence-electron chi connectivity index (χ4n) is 2.42. The minimum atomic E-state index is -4.80. The van der Waals surface area contributed by atoms with E-state index in [1.807, 2.05) is 6.92 Å². The zero-order valence-electron chi connectivity index (χ0n) is 17.5. The van der Waals surface area contributed by atoms with Crippen LogP contribution in [0.25, 0.3) is 0 Å². The Morgan fingerprint density at radius 2 is 1.75 bits per heavy atom. The van der Waals surface area contributed by atoms with Crippen LogP contribution in [-0.4, -0.2) is 38.5 Å². The van der Waals surface area contributed by atoms with Gasteiger partial charge in [0, 0.05) is 11.3 Å². The molecule has 0 aliphatic heterocycles. The van der Waals surface area contributed by atoms with Gasteiger partial charge in [-0.3, -0.25) is 14.4 Å². The molecule has 0 aromatic heterocycles. The molecular formula is C21H23F3N2O6. The summed E-state index contributed by atoms with van der Waals surface area (Å²) in [7, 11) is 1.45. The Balaban J connectivity index is 1.81. The van der Waals surface area contributed by atoms with Gasteiger partial charge in [-0.25, -0.2) is 5.48 Å². The largest absolute Gasteiger partial charge is 0.573 e. The lowest BCUT2D eigenvalue weighted by Crippen LogP contribution is -2.29. The molecule has 0 saturated heterocycles. The number of benzene rings is 2. The second-order valence-corrected chi connectivity index (χ2v) is 6.41. The van der Waals surface area contributed by atoms with Gasteiger partial charge in [-0.1, -0.05) is 13.3 Å². The summed E-state index contributed by atoms with van der Waals surface area (Å²) in [5.74, 6) is -0.776. The average molecular weight is 456 g/mol. The van der Waals surface area contributed by atoms with Crippen LogP contribution in [-0.2, 0) is 9.63 Å². The number of carbonyl (C=O) groups is 2. The second kappa shape index (κ2) is 11.8. The molecule has 11 heteroatoms. The molecule has 32 heavy (non-hydrogen) atoms. The first kappa shape index (κ1) is 24.8. The van der Waals surface area contributed by atoms with Crippen molar-refractivity contribution in [2.45, 2.75) is 26.1 Å². The smallest absolute Gasteiger partial charge is 0.493 e. The lowest BCUT2D eigenvalue weighted by Gasteiger charge is -2.12. The van der Waals surface area contributed by atoms with Crippen molar-refractivity contribution in [1.29, 1.82) is 0 Å². The maximum Gasteiger partial charge on any atom is 0.573 e. The fourth-order valence-corrected chi connectivity index (χ4v) is 2.42. The van der Waals surface area contributed by atoms with E-state index in [1.165, 1.54) is 31.4 Å². The van der Waals surface area contributed by atoms with Crippen LogP contribution in [0, 0.1) is 0 Å². The predicted molar refractivity (Wildman–Crippen MR) is 109 cm³/mol. The summed E-state index contributed by atoms with van der Waals surface area (Å²) in [6, 6.07) is 9.16. The number of ether oxygens (including phenoxy) is 3. The second-order valence-electron chi connectivity index (χ2n) is 6.41. The van der Waals surface area contributed by atoms with Gasteiger partial charge in [-0.15, -0.1) is 13.2 Å². The number of hydrogen-bond donors (Lipinski definition) is 2. The van der Waals surface area contributed by atoms with Gasteiger partial charge in [0.25, 0.3) is 11.8 Å². The summed E-state index contributed by atoms with van der Waals surface area (Å²) < 4.78 is 51.0. The molecule has 2 rings (SSSR count). The van der Waals surface area contributed by atoms with E-state index < -0.39 is 30.5 Å². The zero-order chi connectivity index (χ0) is 23.6. The number of anilines is 1. The highest BCUT2D eigenvalue weighted by Gasteiger charge is 2.30. The molecule has 0 heterocycles. The van der Waals surface area contributed by atoms with E-state index in [4.69, 9.17) is 14.3 Å². The number of nitrogens with one attached hydrogen (secondary N) is 2. The third kappa shape index (κ3) is 8.34. The highest BCUT2D eigenvalue weighted by Crippen LogP contribution is 2.28. The molecule has 0 aliphatic rings. The predicted octanol–water partition coefficient (Wildman–Crippen LogP) is 4.07. The summed E-state index contributed by atoms with van der Waals surface area (Å²) in [6.45, 7) is 2.04. The van der Waals surface area contributed by atoms with E-state index in [-0.39, 0.29) is 11.3 Å². The molecule has 0 fully saturated rings. The molecule has 8 nitrogen and oxygen atoms in total. The summed E-state index contributed by atoms with van der Waals surface area (Å²) in [4.78, 5) is 29.0. The Morgan fingerprint density at radius 1 is 1.03 bits per heavy atom. The number of hydroxylamine groups is 1.